The van der Waals surface area contributed by atoms with Gasteiger partial charge in [-0.15, -0.1) is 11.3 Å². The quantitative estimate of drug-likeness (QED) is 0.560. The van der Waals surface area contributed by atoms with Gasteiger partial charge in [0.05, 0.1) is 15.9 Å². The second-order valence-electron chi connectivity index (χ2n) is 4.49. The lowest BCUT2D eigenvalue weighted by Gasteiger charge is -2.08. The van der Waals surface area contributed by atoms with Crippen molar-refractivity contribution in [2.24, 2.45) is 5.84 Å². The molecule has 7 heteroatoms. The number of hydrazine groups is 1. The van der Waals surface area contributed by atoms with Gasteiger partial charge in [-0.1, -0.05) is 0 Å². The molecule has 0 saturated carbocycles. The van der Waals surface area contributed by atoms with Crippen LogP contribution >= 0.6 is 23.1 Å². The third-order valence-electron chi connectivity index (χ3n) is 3.28. The molecule has 0 fully saturated rings. The molecule has 3 aromatic heterocycles. The monoisotopic (exact) mass is 301 g/mol. The van der Waals surface area contributed by atoms with Crippen molar-refractivity contribution in [3.05, 3.63) is 35.0 Å². The standard InChI is InChI=1S/C13H11N5S2/c14-18-13-8-5-19-6-10(8)16-12(17-13)7-3-11-9(15-4-7)1-2-20-11/h1-4H,5-6,14H2,(H,16,17,18). The van der Waals surface area contributed by atoms with E-state index in [0.717, 1.165) is 44.4 Å². The number of nitrogen functional groups attached to an aromatic ring is 1. The normalized spacial score (nSPS) is 13.7. The molecule has 1 aliphatic rings. The maximum atomic E-state index is 5.58. The zero-order chi connectivity index (χ0) is 13.5. The van der Waals surface area contributed by atoms with Crippen LogP contribution in [0.4, 0.5) is 5.82 Å². The van der Waals surface area contributed by atoms with Gasteiger partial charge in [0.25, 0.3) is 0 Å². The topological polar surface area (TPSA) is 76.7 Å². The van der Waals surface area contributed by atoms with Crippen LogP contribution in [0, 0.1) is 0 Å². The lowest BCUT2D eigenvalue weighted by molar-refractivity contribution is 1.06. The molecule has 3 aromatic rings. The summed E-state index contributed by atoms with van der Waals surface area (Å²) in [6, 6.07) is 4.09. The first-order valence-corrected chi connectivity index (χ1v) is 8.16. The van der Waals surface area contributed by atoms with E-state index in [1.54, 1.807) is 11.3 Å². The van der Waals surface area contributed by atoms with Crippen LogP contribution in [-0.4, -0.2) is 15.0 Å². The van der Waals surface area contributed by atoms with E-state index in [-0.39, 0.29) is 0 Å². The molecule has 1 aliphatic heterocycles. The largest absolute Gasteiger partial charge is 0.308 e. The molecule has 100 valence electrons. The van der Waals surface area contributed by atoms with Gasteiger partial charge in [-0.05, 0) is 17.5 Å². The molecule has 0 bridgehead atoms. The fraction of sp³-hybridized carbons (Fsp3) is 0.154. The summed E-state index contributed by atoms with van der Waals surface area (Å²) >= 11 is 3.50. The molecular formula is C13H11N5S2. The molecule has 4 heterocycles. The zero-order valence-corrected chi connectivity index (χ0v) is 12.1. The second kappa shape index (κ2) is 4.69. The van der Waals surface area contributed by atoms with E-state index in [0.29, 0.717) is 5.82 Å². The van der Waals surface area contributed by atoms with Crippen LogP contribution in [0.1, 0.15) is 11.3 Å². The lowest BCUT2D eigenvalue weighted by atomic mass is 10.2. The molecule has 20 heavy (non-hydrogen) atoms. The molecular weight excluding hydrogens is 290 g/mol. The van der Waals surface area contributed by atoms with Crippen LogP contribution in [0.15, 0.2) is 23.7 Å². The number of nitrogens with two attached hydrogens (primary N) is 1. The minimum atomic E-state index is 0.682. The van der Waals surface area contributed by atoms with E-state index >= 15 is 0 Å². The summed E-state index contributed by atoms with van der Waals surface area (Å²) in [4.78, 5) is 13.6. The minimum Gasteiger partial charge on any atom is -0.308 e. The van der Waals surface area contributed by atoms with Gasteiger partial charge in [-0.2, -0.15) is 11.8 Å². The van der Waals surface area contributed by atoms with Crippen LogP contribution in [0.25, 0.3) is 21.6 Å². The van der Waals surface area contributed by atoms with Crippen molar-refractivity contribution in [3.8, 4) is 11.4 Å². The van der Waals surface area contributed by atoms with Gasteiger partial charge in [-0.25, -0.2) is 15.8 Å². The Balaban J connectivity index is 1.88. The molecule has 5 nitrogen and oxygen atoms in total. The summed E-state index contributed by atoms with van der Waals surface area (Å²) in [7, 11) is 0. The molecule has 0 radical (unpaired) electrons. The summed E-state index contributed by atoms with van der Waals surface area (Å²) < 4.78 is 1.14. The number of rotatable bonds is 2. The fourth-order valence-corrected chi connectivity index (χ4v) is 4.09. The van der Waals surface area contributed by atoms with Crippen LogP contribution < -0.4 is 11.3 Å². The molecule has 0 aliphatic carbocycles. The van der Waals surface area contributed by atoms with Crippen molar-refractivity contribution >= 4 is 39.1 Å². The molecule has 0 amide bonds. The van der Waals surface area contributed by atoms with E-state index in [9.17, 15) is 0 Å². The van der Waals surface area contributed by atoms with Crippen molar-refractivity contribution in [1.29, 1.82) is 0 Å². The number of thiophene rings is 1. The number of pyridine rings is 1. The Labute approximate surface area is 123 Å². The molecule has 0 aromatic carbocycles. The molecule has 0 atom stereocenters. The molecule has 0 spiro atoms. The summed E-state index contributed by atoms with van der Waals surface area (Å²) in [5.74, 6) is 8.81. The number of nitrogens with zero attached hydrogens (tertiary/aromatic N) is 3. The number of fused-ring (bicyclic) bond motifs is 2. The van der Waals surface area contributed by atoms with Crippen molar-refractivity contribution < 1.29 is 0 Å². The fourth-order valence-electron chi connectivity index (χ4n) is 2.27. The average Bonchev–Trinajstić information content (AvgIpc) is 3.13. The third kappa shape index (κ3) is 1.86. The van der Waals surface area contributed by atoms with Crippen LogP contribution in [0.3, 0.4) is 0 Å². The lowest BCUT2D eigenvalue weighted by Crippen LogP contribution is -2.12. The smallest absolute Gasteiger partial charge is 0.163 e. The van der Waals surface area contributed by atoms with Gasteiger partial charge in [-0.3, -0.25) is 4.98 Å². The van der Waals surface area contributed by atoms with Crippen LogP contribution in [0.5, 0.6) is 0 Å². The van der Waals surface area contributed by atoms with Gasteiger partial charge in [0.15, 0.2) is 5.82 Å². The van der Waals surface area contributed by atoms with Crippen molar-refractivity contribution in [2.45, 2.75) is 11.5 Å². The highest BCUT2D eigenvalue weighted by Crippen LogP contribution is 2.34. The first-order valence-electron chi connectivity index (χ1n) is 6.13. The maximum Gasteiger partial charge on any atom is 0.163 e. The van der Waals surface area contributed by atoms with Gasteiger partial charge >= 0.3 is 0 Å². The van der Waals surface area contributed by atoms with Gasteiger partial charge in [0.2, 0.25) is 0 Å². The third-order valence-corrected chi connectivity index (χ3v) is 5.10. The number of hydrogen-bond donors (Lipinski definition) is 2. The number of hydrogen-bond acceptors (Lipinski definition) is 7. The molecule has 3 N–H and O–H groups in total. The zero-order valence-electron chi connectivity index (χ0n) is 10.5. The van der Waals surface area contributed by atoms with Crippen LogP contribution in [-0.2, 0) is 11.5 Å². The van der Waals surface area contributed by atoms with E-state index in [4.69, 9.17) is 5.84 Å². The Morgan fingerprint density at radius 1 is 1.25 bits per heavy atom. The average molecular weight is 301 g/mol. The summed E-state index contributed by atoms with van der Waals surface area (Å²) in [6.07, 6.45) is 1.82. The highest BCUT2D eigenvalue weighted by atomic mass is 32.2. The van der Waals surface area contributed by atoms with E-state index < -0.39 is 0 Å². The SMILES string of the molecule is NNc1nc(-c2cnc3ccsc3c2)nc2c1CSC2. The molecule has 4 rings (SSSR count). The molecule has 0 unspecified atom stereocenters. The number of aromatic nitrogens is 3. The van der Waals surface area contributed by atoms with Gasteiger partial charge < -0.3 is 5.43 Å². The van der Waals surface area contributed by atoms with Crippen molar-refractivity contribution in [3.63, 3.8) is 0 Å². The Morgan fingerprint density at radius 3 is 3.10 bits per heavy atom. The predicted molar refractivity (Wildman–Crippen MR) is 83.5 cm³/mol. The van der Waals surface area contributed by atoms with Crippen molar-refractivity contribution in [1.82, 2.24) is 15.0 Å². The molecule has 0 saturated heterocycles. The van der Waals surface area contributed by atoms with Gasteiger partial charge in [0, 0.05) is 28.8 Å². The summed E-state index contributed by atoms with van der Waals surface area (Å²) in [5.41, 5.74) is 6.81. The summed E-state index contributed by atoms with van der Waals surface area (Å²) in [6.45, 7) is 0. The summed E-state index contributed by atoms with van der Waals surface area (Å²) in [5, 5.41) is 2.04. The maximum absolute atomic E-state index is 5.58. The number of anilines is 1. The van der Waals surface area contributed by atoms with Gasteiger partial charge in [0.1, 0.15) is 5.82 Å². The highest BCUT2D eigenvalue weighted by molar-refractivity contribution is 7.98. The Kier molecular flexibility index (Phi) is 2.83. The Hall–Kier alpha value is -1.70. The second-order valence-corrected chi connectivity index (χ2v) is 6.42. The van der Waals surface area contributed by atoms with E-state index in [2.05, 4.69) is 26.4 Å². The van der Waals surface area contributed by atoms with E-state index in [1.807, 2.05) is 29.4 Å². The van der Waals surface area contributed by atoms with Crippen molar-refractivity contribution in [2.75, 3.05) is 5.43 Å². The Bertz CT molecular complexity index is 799. The van der Waals surface area contributed by atoms with Crippen LogP contribution in [0.2, 0.25) is 0 Å². The Morgan fingerprint density at radius 2 is 2.20 bits per heavy atom. The minimum absolute atomic E-state index is 0.682. The number of nitrogens with one attached hydrogen (secondary N) is 1. The van der Waals surface area contributed by atoms with E-state index in [1.165, 1.54) is 0 Å². The predicted octanol–water partition coefficient (Wildman–Crippen LogP) is 2.79. The first-order chi connectivity index (χ1) is 9.85. The first kappa shape index (κ1) is 12.1. The highest BCUT2D eigenvalue weighted by Gasteiger charge is 2.20. The number of thioether (sulfide) groups is 1.